The van der Waals surface area contributed by atoms with Crippen LogP contribution in [0.4, 0.5) is 0 Å². The molecule has 0 amide bonds. The summed E-state index contributed by atoms with van der Waals surface area (Å²) in [7, 11) is -1.93. The minimum atomic E-state index is -3.56. The fraction of sp³-hybridized carbons (Fsp3) is 0.0909. The lowest BCUT2D eigenvalue weighted by molar-refractivity contribution is 0.468. The van der Waals surface area contributed by atoms with E-state index in [1.54, 1.807) is 19.2 Å². The first-order chi connectivity index (χ1) is 12.6. The van der Waals surface area contributed by atoms with Gasteiger partial charge in [0, 0.05) is 13.6 Å². The van der Waals surface area contributed by atoms with Crippen LogP contribution in [-0.4, -0.2) is 19.8 Å². The zero-order valence-corrected chi connectivity index (χ0v) is 15.3. The van der Waals surface area contributed by atoms with Crippen LogP contribution in [0.1, 0.15) is 5.56 Å². The molecular formula is C22H19NO2S. The molecular weight excluding hydrogens is 342 g/mol. The Kier molecular flexibility index (Phi) is 4.23. The number of rotatable bonds is 4. The maximum Gasteiger partial charge on any atom is 0.243 e. The highest BCUT2D eigenvalue weighted by atomic mass is 32.2. The van der Waals surface area contributed by atoms with Gasteiger partial charge in [-0.25, -0.2) is 8.42 Å². The first-order valence-corrected chi connectivity index (χ1v) is 9.91. The molecule has 0 saturated carbocycles. The molecule has 0 saturated heterocycles. The van der Waals surface area contributed by atoms with Crippen molar-refractivity contribution in [3.05, 3.63) is 90.5 Å². The molecule has 0 bridgehead atoms. The Morgan fingerprint density at radius 1 is 0.731 bits per heavy atom. The van der Waals surface area contributed by atoms with Gasteiger partial charge in [0.15, 0.2) is 0 Å². The van der Waals surface area contributed by atoms with Gasteiger partial charge >= 0.3 is 0 Å². The monoisotopic (exact) mass is 361 g/mol. The minimum absolute atomic E-state index is 0.318. The average molecular weight is 361 g/mol. The van der Waals surface area contributed by atoms with E-state index in [9.17, 15) is 8.42 Å². The largest absolute Gasteiger partial charge is 0.243 e. The van der Waals surface area contributed by atoms with Crippen molar-refractivity contribution < 1.29 is 8.42 Å². The topological polar surface area (TPSA) is 37.4 Å². The van der Waals surface area contributed by atoms with Crippen molar-refractivity contribution in [1.29, 1.82) is 0 Å². The Balaban J connectivity index is 1.70. The zero-order valence-electron chi connectivity index (χ0n) is 14.5. The lowest BCUT2D eigenvalue weighted by Gasteiger charge is -2.19. The van der Waals surface area contributed by atoms with Gasteiger partial charge < -0.3 is 0 Å². The van der Waals surface area contributed by atoms with Crippen molar-refractivity contribution in [2.24, 2.45) is 0 Å². The smallest absolute Gasteiger partial charge is 0.207 e. The summed E-state index contributed by atoms with van der Waals surface area (Å²) in [4.78, 5) is 0.318. The van der Waals surface area contributed by atoms with Crippen LogP contribution >= 0.6 is 0 Å². The molecule has 26 heavy (non-hydrogen) atoms. The number of benzene rings is 4. The predicted octanol–water partition coefficient (Wildman–Crippen LogP) is 4.81. The van der Waals surface area contributed by atoms with Crippen LogP contribution in [0.5, 0.6) is 0 Å². The Bertz CT molecular complexity index is 1190. The summed E-state index contributed by atoms with van der Waals surface area (Å²) in [6, 6.07) is 27.1. The molecule has 0 aromatic heterocycles. The third kappa shape index (κ3) is 2.98. The van der Waals surface area contributed by atoms with E-state index >= 15 is 0 Å². The summed E-state index contributed by atoms with van der Waals surface area (Å²) in [5, 5.41) is 4.15. The van der Waals surface area contributed by atoms with Crippen molar-refractivity contribution in [3.63, 3.8) is 0 Å². The van der Waals surface area contributed by atoms with Gasteiger partial charge in [0.25, 0.3) is 0 Å². The normalized spacial score (nSPS) is 12.1. The van der Waals surface area contributed by atoms with Crippen LogP contribution in [-0.2, 0) is 16.6 Å². The molecule has 4 aromatic carbocycles. The van der Waals surface area contributed by atoms with Crippen molar-refractivity contribution >= 4 is 31.6 Å². The molecule has 4 aromatic rings. The van der Waals surface area contributed by atoms with Crippen LogP contribution in [0, 0.1) is 0 Å². The molecule has 0 heterocycles. The van der Waals surface area contributed by atoms with E-state index in [2.05, 4.69) is 0 Å². The molecule has 4 rings (SSSR count). The van der Waals surface area contributed by atoms with Crippen LogP contribution in [0.25, 0.3) is 21.5 Å². The molecule has 0 aliphatic carbocycles. The predicted molar refractivity (Wildman–Crippen MR) is 107 cm³/mol. The van der Waals surface area contributed by atoms with E-state index in [1.807, 2.05) is 72.8 Å². The first kappa shape index (κ1) is 16.8. The molecule has 0 atom stereocenters. The van der Waals surface area contributed by atoms with Gasteiger partial charge in [0.2, 0.25) is 10.0 Å². The lowest BCUT2D eigenvalue weighted by Crippen LogP contribution is -2.26. The van der Waals surface area contributed by atoms with E-state index in [-0.39, 0.29) is 0 Å². The zero-order chi connectivity index (χ0) is 18.1. The van der Waals surface area contributed by atoms with Crippen LogP contribution in [0.15, 0.2) is 89.8 Å². The van der Waals surface area contributed by atoms with Crippen molar-refractivity contribution in [3.8, 4) is 0 Å². The SMILES string of the molecule is CN(Cc1cccc2ccccc12)S(=O)(=O)c1ccc2ccccc2c1. The van der Waals surface area contributed by atoms with E-state index in [0.717, 1.165) is 27.1 Å². The molecule has 130 valence electrons. The fourth-order valence-electron chi connectivity index (χ4n) is 3.26. The molecule has 0 spiro atoms. The Hall–Kier alpha value is -2.69. The van der Waals surface area contributed by atoms with E-state index in [4.69, 9.17) is 0 Å². The van der Waals surface area contributed by atoms with Crippen molar-refractivity contribution in [2.75, 3.05) is 7.05 Å². The maximum atomic E-state index is 13.0. The Labute approximate surface area is 153 Å². The van der Waals surface area contributed by atoms with Gasteiger partial charge in [-0.1, -0.05) is 72.8 Å². The number of sulfonamides is 1. The highest BCUT2D eigenvalue weighted by Gasteiger charge is 2.21. The van der Waals surface area contributed by atoms with Gasteiger partial charge in [-0.2, -0.15) is 4.31 Å². The van der Waals surface area contributed by atoms with E-state index < -0.39 is 10.0 Å². The number of nitrogens with zero attached hydrogens (tertiary/aromatic N) is 1. The first-order valence-electron chi connectivity index (χ1n) is 8.47. The summed E-state index contributed by atoms with van der Waals surface area (Å²) in [6.07, 6.45) is 0. The summed E-state index contributed by atoms with van der Waals surface area (Å²) >= 11 is 0. The highest BCUT2D eigenvalue weighted by Crippen LogP contribution is 2.24. The Morgan fingerprint density at radius 2 is 1.38 bits per heavy atom. The van der Waals surface area contributed by atoms with Gasteiger partial charge in [0.05, 0.1) is 4.90 Å². The van der Waals surface area contributed by atoms with E-state index in [1.165, 1.54) is 4.31 Å². The van der Waals surface area contributed by atoms with Crippen molar-refractivity contribution in [2.45, 2.75) is 11.4 Å². The second kappa shape index (κ2) is 6.56. The lowest BCUT2D eigenvalue weighted by atomic mass is 10.0. The Morgan fingerprint density at radius 3 is 2.19 bits per heavy atom. The van der Waals surface area contributed by atoms with Gasteiger partial charge in [-0.3, -0.25) is 0 Å². The quantitative estimate of drug-likeness (QED) is 0.523. The van der Waals surface area contributed by atoms with Crippen LogP contribution in [0.2, 0.25) is 0 Å². The molecule has 4 heteroatoms. The number of hydrogen-bond donors (Lipinski definition) is 0. The molecule has 0 radical (unpaired) electrons. The van der Waals surface area contributed by atoms with Gasteiger partial charge in [-0.15, -0.1) is 0 Å². The molecule has 0 unspecified atom stereocenters. The third-order valence-electron chi connectivity index (χ3n) is 4.70. The number of hydrogen-bond acceptors (Lipinski definition) is 2. The summed E-state index contributed by atoms with van der Waals surface area (Å²) < 4.78 is 27.5. The standard InChI is InChI=1S/C22H19NO2S/c1-23(16-20-11-6-10-18-8-4-5-12-22(18)20)26(24,25)21-14-13-17-7-2-3-9-19(17)15-21/h2-15H,16H2,1H3. The van der Waals surface area contributed by atoms with Gasteiger partial charge in [-0.05, 0) is 39.2 Å². The second-order valence-corrected chi connectivity index (χ2v) is 8.45. The van der Waals surface area contributed by atoms with Crippen LogP contribution in [0.3, 0.4) is 0 Å². The van der Waals surface area contributed by atoms with Crippen molar-refractivity contribution in [1.82, 2.24) is 4.31 Å². The number of fused-ring (bicyclic) bond motifs is 2. The average Bonchev–Trinajstić information content (AvgIpc) is 2.68. The molecule has 3 nitrogen and oxygen atoms in total. The van der Waals surface area contributed by atoms with Gasteiger partial charge in [0.1, 0.15) is 0 Å². The minimum Gasteiger partial charge on any atom is -0.207 e. The summed E-state index contributed by atoms with van der Waals surface area (Å²) in [5.74, 6) is 0. The summed E-state index contributed by atoms with van der Waals surface area (Å²) in [5.41, 5.74) is 0.995. The highest BCUT2D eigenvalue weighted by molar-refractivity contribution is 7.89. The third-order valence-corrected chi connectivity index (χ3v) is 6.50. The maximum absolute atomic E-state index is 13.0. The second-order valence-electron chi connectivity index (χ2n) is 6.41. The molecule has 0 fully saturated rings. The summed E-state index contributed by atoms with van der Waals surface area (Å²) in [6.45, 7) is 0.330. The molecule has 0 N–H and O–H groups in total. The van der Waals surface area contributed by atoms with E-state index in [0.29, 0.717) is 11.4 Å². The van der Waals surface area contributed by atoms with Crippen LogP contribution < -0.4 is 0 Å². The molecule has 0 aliphatic heterocycles. The fourth-order valence-corrected chi connectivity index (χ4v) is 4.45. The molecule has 0 aliphatic rings.